The van der Waals surface area contributed by atoms with Crippen LogP contribution in [0.5, 0.6) is 5.88 Å². The van der Waals surface area contributed by atoms with E-state index in [4.69, 9.17) is 12.2 Å². The fourth-order valence-corrected chi connectivity index (χ4v) is 2.79. The van der Waals surface area contributed by atoms with Crippen LogP contribution in [0.3, 0.4) is 0 Å². The monoisotopic (exact) mass is 325 g/mol. The SMILES string of the molecule is C=CCn1c(O)c(C=C2C=Nc3c(C)cccc32)c(=O)[nH]c1=S. The molecule has 23 heavy (non-hydrogen) atoms. The number of aromatic nitrogens is 2. The molecule has 2 heterocycles. The van der Waals surface area contributed by atoms with Crippen LogP contribution in [0.4, 0.5) is 5.69 Å². The molecule has 5 nitrogen and oxygen atoms in total. The van der Waals surface area contributed by atoms with E-state index in [9.17, 15) is 9.90 Å². The minimum atomic E-state index is -0.435. The van der Waals surface area contributed by atoms with Crippen molar-refractivity contribution in [1.82, 2.24) is 9.55 Å². The van der Waals surface area contributed by atoms with E-state index in [2.05, 4.69) is 16.6 Å². The Hall–Kier alpha value is -2.73. The molecule has 6 heteroatoms. The lowest BCUT2D eigenvalue weighted by molar-refractivity contribution is 0.413. The first-order valence-electron chi connectivity index (χ1n) is 7.05. The third kappa shape index (κ3) is 2.57. The topological polar surface area (TPSA) is 70.4 Å². The zero-order valence-electron chi connectivity index (χ0n) is 12.5. The van der Waals surface area contributed by atoms with Crippen LogP contribution >= 0.6 is 12.2 Å². The van der Waals surface area contributed by atoms with Gasteiger partial charge in [-0.2, -0.15) is 0 Å². The maximum absolute atomic E-state index is 12.2. The Morgan fingerprint density at radius 2 is 2.26 bits per heavy atom. The fourth-order valence-electron chi connectivity index (χ4n) is 2.54. The highest BCUT2D eigenvalue weighted by atomic mass is 32.1. The summed E-state index contributed by atoms with van der Waals surface area (Å²) in [5, 5.41) is 10.4. The van der Waals surface area contributed by atoms with Crippen molar-refractivity contribution in [3.8, 4) is 5.88 Å². The number of hydrogen-bond acceptors (Lipinski definition) is 4. The molecule has 0 radical (unpaired) electrons. The minimum Gasteiger partial charge on any atom is -0.494 e. The number of allylic oxidation sites excluding steroid dienone is 2. The lowest BCUT2D eigenvalue weighted by Crippen LogP contribution is -2.16. The average Bonchev–Trinajstić information content (AvgIpc) is 2.92. The van der Waals surface area contributed by atoms with Crippen molar-refractivity contribution >= 4 is 35.8 Å². The summed E-state index contributed by atoms with van der Waals surface area (Å²) in [5.74, 6) is -0.180. The zero-order valence-corrected chi connectivity index (χ0v) is 13.4. The van der Waals surface area contributed by atoms with Gasteiger partial charge in [-0.25, -0.2) is 0 Å². The van der Waals surface area contributed by atoms with Crippen LogP contribution in [0.15, 0.2) is 40.6 Å². The molecule has 0 saturated carbocycles. The van der Waals surface area contributed by atoms with Crippen molar-refractivity contribution in [2.24, 2.45) is 4.99 Å². The Kier molecular flexibility index (Phi) is 3.83. The lowest BCUT2D eigenvalue weighted by atomic mass is 10.0. The molecular formula is C17H15N3O2S. The van der Waals surface area contributed by atoms with E-state index in [0.29, 0.717) is 6.54 Å². The predicted octanol–water partition coefficient (Wildman–Crippen LogP) is 3.36. The number of fused-ring (bicyclic) bond motifs is 1. The van der Waals surface area contributed by atoms with Crippen LogP contribution < -0.4 is 5.56 Å². The molecule has 0 amide bonds. The summed E-state index contributed by atoms with van der Waals surface area (Å²) < 4.78 is 1.57. The first-order valence-corrected chi connectivity index (χ1v) is 7.46. The second-order valence-corrected chi connectivity index (χ2v) is 5.61. The number of nitrogens with one attached hydrogen (secondary N) is 1. The maximum Gasteiger partial charge on any atom is 0.262 e. The Morgan fingerprint density at radius 1 is 1.48 bits per heavy atom. The third-order valence-electron chi connectivity index (χ3n) is 3.70. The number of aromatic hydroxyl groups is 1. The molecular weight excluding hydrogens is 310 g/mol. The molecule has 0 fully saturated rings. The van der Waals surface area contributed by atoms with Gasteiger partial charge in [-0.3, -0.25) is 19.3 Å². The van der Waals surface area contributed by atoms with Gasteiger partial charge in [0.1, 0.15) is 5.56 Å². The summed E-state index contributed by atoms with van der Waals surface area (Å²) in [6.45, 7) is 5.91. The second-order valence-electron chi connectivity index (χ2n) is 5.22. The van der Waals surface area contributed by atoms with E-state index in [1.807, 2.05) is 25.1 Å². The van der Waals surface area contributed by atoms with Crippen molar-refractivity contribution in [2.75, 3.05) is 0 Å². The molecule has 1 aromatic heterocycles. The van der Waals surface area contributed by atoms with Gasteiger partial charge >= 0.3 is 0 Å². The number of aromatic amines is 1. The molecule has 1 aromatic carbocycles. The predicted molar refractivity (Wildman–Crippen MR) is 95.0 cm³/mol. The third-order valence-corrected chi connectivity index (χ3v) is 4.02. The summed E-state index contributed by atoms with van der Waals surface area (Å²) in [4.78, 5) is 19.1. The van der Waals surface area contributed by atoms with Crippen molar-refractivity contribution in [2.45, 2.75) is 13.5 Å². The summed E-state index contributed by atoms with van der Waals surface area (Å²) in [6, 6.07) is 5.85. The Bertz CT molecular complexity index is 980. The normalized spacial score (nSPS) is 14.2. The molecule has 2 aromatic rings. The van der Waals surface area contributed by atoms with E-state index >= 15 is 0 Å². The largest absolute Gasteiger partial charge is 0.494 e. The van der Waals surface area contributed by atoms with Gasteiger partial charge in [0, 0.05) is 23.9 Å². The van der Waals surface area contributed by atoms with Crippen LogP contribution in [0.25, 0.3) is 11.6 Å². The summed E-state index contributed by atoms with van der Waals surface area (Å²) in [7, 11) is 0. The van der Waals surface area contributed by atoms with Gasteiger partial charge in [0.25, 0.3) is 5.56 Å². The fraction of sp³-hybridized carbons (Fsp3) is 0.118. The highest BCUT2D eigenvalue weighted by Gasteiger charge is 2.16. The van der Waals surface area contributed by atoms with Crippen molar-refractivity contribution in [3.63, 3.8) is 0 Å². The Balaban J connectivity index is 2.20. The minimum absolute atomic E-state index is 0.149. The summed E-state index contributed by atoms with van der Waals surface area (Å²) in [6.07, 6.45) is 4.91. The average molecular weight is 325 g/mol. The molecule has 116 valence electrons. The van der Waals surface area contributed by atoms with Crippen LogP contribution in [-0.4, -0.2) is 20.9 Å². The molecule has 1 aliphatic heterocycles. The second kappa shape index (κ2) is 5.81. The van der Waals surface area contributed by atoms with Gasteiger partial charge in [0.2, 0.25) is 5.88 Å². The van der Waals surface area contributed by atoms with E-state index in [1.54, 1.807) is 18.4 Å². The molecule has 1 aliphatic rings. The number of rotatable bonds is 3. The molecule has 2 N–H and O–H groups in total. The number of hydrogen-bond donors (Lipinski definition) is 2. The molecule has 0 aliphatic carbocycles. The quantitative estimate of drug-likeness (QED) is 0.671. The van der Waals surface area contributed by atoms with Crippen LogP contribution in [-0.2, 0) is 6.54 Å². The molecule has 0 unspecified atom stereocenters. The number of nitrogens with zero attached hydrogens (tertiary/aromatic N) is 2. The van der Waals surface area contributed by atoms with Gasteiger partial charge in [-0.1, -0.05) is 24.3 Å². The van der Waals surface area contributed by atoms with E-state index in [-0.39, 0.29) is 16.2 Å². The van der Waals surface area contributed by atoms with Crippen molar-refractivity contribution in [3.05, 3.63) is 62.7 Å². The number of aryl methyl sites for hydroxylation is 1. The molecule has 0 saturated heterocycles. The van der Waals surface area contributed by atoms with Gasteiger partial charge < -0.3 is 5.11 Å². The lowest BCUT2D eigenvalue weighted by Gasteiger charge is -2.09. The van der Waals surface area contributed by atoms with Gasteiger partial charge in [-0.15, -0.1) is 6.58 Å². The first kappa shape index (κ1) is 15.2. The van der Waals surface area contributed by atoms with Crippen molar-refractivity contribution in [1.29, 1.82) is 0 Å². The molecule has 0 bridgehead atoms. The van der Waals surface area contributed by atoms with Gasteiger partial charge in [0.15, 0.2) is 4.77 Å². The van der Waals surface area contributed by atoms with Crippen LogP contribution in [0, 0.1) is 11.7 Å². The van der Waals surface area contributed by atoms with Crippen molar-refractivity contribution < 1.29 is 5.11 Å². The first-order chi connectivity index (χ1) is 11.0. The Morgan fingerprint density at radius 3 is 3.00 bits per heavy atom. The standard InChI is InChI=1S/C17H15N3O2S/c1-3-7-20-16(22)13(15(21)19-17(20)23)8-11-9-18-14-10(2)5-4-6-12(11)14/h3-6,8-9,22H,1,7H2,2H3,(H,19,21,23). The highest BCUT2D eigenvalue weighted by molar-refractivity contribution is 7.71. The maximum atomic E-state index is 12.2. The van der Waals surface area contributed by atoms with E-state index in [0.717, 1.165) is 22.4 Å². The number of aliphatic imine (C=N–C) groups is 1. The van der Waals surface area contributed by atoms with Crippen LogP contribution in [0.1, 0.15) is 16.7 Å². The summed E-state index contributed by atoms with van der Waals surface area (Å²) >= 11 is 5.07. The smallest absolute Gasteiger partial charge is 0.262 e. The highest BCUT2D eigenvalue weighted by Crippen LogP contribution is 2.35. The molecule has 0 spiro atoms. The number of para-hydroxylation sites is 1. The summed E-state index contributed by atoms with van der Waals surface area (Å²) in [5.41, 5.74) is 3.36. The molecule has 0 atom stereocenters. The van der Waals surface area contributed by atoms with Gasteiger partial charge in [-0.05, 0) is 30.8 Å². The van der Waals surface area contributed by atoms with Crippen LogP contribution in [0.2, 0.25) is 0 Å². The van der Waals surface area contributed by atoms with E-state index < -0.39 is 5.56 Å². The zero-order chi connectivity index (χ0) is 16.6. The number of benzene rings is 1. The number of H-pyrrole nitrogens is 1. The van der Waals surface area contributed by atoms with Gasteiger partial charge in [0.05, 0.1) is 5.69 Å². The Labute approximate surface area is 138 Å². The van der Waals surface area contributed by atoms with E-state index in [1.165, 1.54) is 4.57 Å². The molecule has 3 rings (SSSR count).